The Balaban J connectivity index is 2.45. The van der Waals surface area contributed by atoms with Crippen molar-refractivity contribution >= 4 is 17.7 Å². The van der Waals surface area contributed by atoms with Crippen LogP contribution in [0.25, 0.3) is 0 Å². The van der Waals surface area contributed by atoms with Crippen LogP contribution >= 0.6 is 0 Å². The SMILES string of the molecule is C=C(C)COc1cnc(C2=NC(C)(C(C)C)C(=O)N2)c(C(=O)OC)c1. The number of nitrogens with zero attached hydrogens (tertiary/aromatic N) is 2. The van der Waals surface area contributed by atoms with Crippen molar-refractivity contribution < 1.29 is 19.1 Å². The van der Waals surface area contributed by atoms with E-state index in [0.29, 0.717) is 12.4 Å². The zero-order valence-corrected chi connectivity index (χ0v) is 15.2. The van der Waals surface area contributed by atoms with Crippen LogP contribution in [0.15, 0.2) is 29.4 Å². The summed E-state index contributed by atoms with van der Waals surface area (Å²) in [5.74, 6) is -0.155. The van der Waals surface area contributed by atoms with E-state index in [-0.39, 0.29) is 28.9 Å². The van der Waals surface area contributed by atoms with Crippen LogP contribution in [0.2, 0.25) is 0 Å². The van der Waals surface area contributed by atoms with Gasteiger partial charge in [-0.25, -0.2) is 14.8 Å². The fourth-order valence-electron chi connectivity index (χ4n) is 2.23. The van der Waals surface area contributed by atoms with Crippen LogP contribution in [0.3, 0.4) is 0 Å². The molecule has 0 spiro atoms. The molecule has 7 nitrogen and oxygen atoms in total. The number of nitrogens with one attached hydrogen (secondary N) is 1. The van der Waals surface area contributed by atoms with Crippen molar-refractivity contribution in [2.24, 2.45) is 10.9 Å². The maximum absolute atomic E-state index is 12.3. The normalized spacial score (nSPS) is 19.4. The molecule has 7 heteroatoms. The van der Waals surface area contributed by atoms with Crippen LogP contribution < -0.4 is 10.1 Å². The topological polar surface area (TPSA) is 89.9 Å². The minimum atomic E-state index is -0.903. The van der Waals surface area contributed by atoms with Crippen molar-refractivity contribution in [3.05, 3.63) is 35.7 Å². The van der Waals surface area contributed by atoms with Gasteiger partial charge in [-0.1, -0.05) is 20.4 Å². The first kappa shape index (κ1) is 18.6. The summed E-state index contributed by atoms with van der Waals surface area (Å²) in [6.45, 7) is 11.5. The molecular weight excluding hydrogens is 322 g/mol. The number of amides is 1. The van der Waals surface area contributed by atoms with Crippen molar-refractivity contribution in [1.82, 2.24) is 10.3 Å². The first-order chi connectivity index (χ1) is 11.7. The maximum Gasteiger partial charge on any atom is 0.340 e. The summed E-state index contributed by atoms with van der Waals surface area (Å²) in [6, 6.07) is 1.52. The van der Waals surface area contributed by atoms with Gasteiger partial charge in [0.25, 0.3) is 5.91 Å². The van der Waals surface area contributed by atoms with Gasteiger partial charge in [0.05, 0.1) is 18.9 Å². The average Bonchev–Trinajstić information content (AvgIpc) is 2.88. The fourth-order valence-corrected chi connectivity index (χ4v) is 2.23. The Bertz CT molecular complexity index is 755. The van der Waals surface area contributed by atoms with Gasteiger partial charge in [-0.2, -0.15) is 0 Å². The van der Waals surface area contributed by atoms with Gasteiger partial charge in [0, 0.05) is 0 Å². The standard InChI is InChI=1S/C18H23N3O4/c1-10(2)9-25-12-7-13(16(22)24-6)14(19-8-12)15-20-17(23)18(5,21-15)11(3)4/h7-8,11H,1,9H2,2-6H3,(H,20,21,23). The van der Waals surface area contributed by atoms with Gasteiger partial charge in [0.15, 0.2) is 5.84 Å². The molecule has 1 unspecified atom stereocenters. The number of aliphatic imine (C=N–C) groups is 1. The number of hydrogen-bond donors (Lipinski definition) is 1. The van der Waals surface area contributed by atoms with E-state index in [1.165, 1.54) is 19.4 Å². The summed E-state index contributed by atoms with van der Waals surface area (Å²) in [7, 11) is 1.28. The number of ether oxygens (including phenoxy) is 2. The molecule has 1 amide bonds. The summed E-state index contributed by atoms with van der Waals surface area (Å²) < 4.78 is 10.3. The molecule has 0 aliphatic carbocycles. The van der Waals surface area contributed by atoms with Gasteiger partial charge in [0.2, 0.25) is 0 Å². The van der Waals surface area contributed by atoms with Gasteiger partial charge >= 0.3 is 5.97 Å². The van der Waals surface area contributed by atoms with Crippen LogP contribution in [0.5, 0.6) is 5.75 Å². The third-order valence-corrected chi connectivity index (χ3v) is 4.14. The molecule has 0 radical (unpaired) electrons. The summed E-state index contributed by atoms with van der Waals surface area (Å²) in [5, 5.41) is 2.72. The molecule has 2 heterocycles. The molecule has 1 aliphatic rings. The molecule has 1 aliphatic heterocycles. The highest BCUT2D eigenvalue weighted by Gasteiger charge is 2.43. The first-order valence-corrected chi connectivity index (χ1v) is 7.96. The Morgan fingerprint density at radius 3 is 2.64 bits per heavy atom. The van der Waals surface area contributed by atoms with Gasteiger partial charge < -0.3 is 14.8 Å². The molecule has 0 bridgehead atoms. The zero-order valence-electron chi connectivity index (χ0n) is 15.2. The fraction of sp³-hybridized carbons (Fsp3) is 0.444. The molecule has 0 saturated carbocycles. The number of aromatic nitrogens is 1. The van der Waals surface area contributed by atoms with Crippen molar-refractivity contribution in [3.63, 3.8) is 0 Å². The van der Waals surface area contributed by atoms with Gasteiger partial charge in [-0.15, -0.1) is 0 Å². The number of methoxy groups -OCH3 is 1. The molecule has 1 atom stereocenters. The van der Waals surface area contributed by atoms with Crippen molar-refractivity contribution in [1.29, 1.82) is 0 Å². The number of carbonyl (C=O) groups is 2. The number of carbonyl (C=O) groups excluding carboxylic acids is 2. The molecular formula is C18H23N3O4. The van der Waals surface area contributed by atoms with Crippen LogP contribution in [0.1, 0.15) is 43.7 Å². The molecule has 25 heavy (non-hydrogen) atoms. The molecule has 2 rings (SSSR count). The lowest BCUT2D eigenvalue weighted by molar-refractivity contribution is -0.124. The summed E-state index contributed by atoms with van der Waals surface area (Å²) in [4.78, 5) is 33.2. The smallest absolute Gasteiger partial charge is 0.340 e. The highest BCUT2D eigenvalue weighted by atomic mass is 16.5. The van der Waals surface area contributed by atoms with Crippen LogP contribution in [-0.4, -0.2) is 42.0 Å². The van der Waals surface area contributed by atoms with Crippen LogP contribution in [0, 0.1) is 5.92 Å². The molecule has 0 aromatic carbocycles. The van der Waals surface area contributed by atoms with E-state index in [4.69, 9.17) is 9.47 Å². The summed E-state index contributed by atoms with van der Waals surface area (Å²) >= 11 is 0. The Morgan fingerprint density at radius 1 is 1.44 bits per heavy atom. The van der Waals surface area contributed by atoms with Gasteiger partial charge in [-0.3, -0.25) is 4.79 Å². The largest absolute Gasteiger partial charge is 0.488 e. The highest BCUT2D eigenvalue weighted by molar-refractivity contribution is 6.17. The quantitative estimate of drug-likeness (QED) is 0.630. The first-order valence-electron chi connectivity index (χ1n) is 7.96. The molecule has 1 aromatic rings. The number of amidine groups is 1. The Hall–Kier alpha value is -2.70. The molecule has 134 valence electrons. The molecule has 1 aromatic heterocycles. The van der Waals surface area contributed by atoms with E-state index in [0.717, 1.165) is 5.57 Å². The summed E-state index contributed by atoms with van der Waals surface area (Å²) in [5.41, 5.74) is 0.365. The minimum Gasteiger partial charge on any atom is -0.488 e. The third-order valence-electron chi connectivity index (χ3n) is 4.14. The lowest BCUT2D eigenvalue weighted by Gasteiger charge is -2.21. The van der Waals surface area contributed by atoms with Crippen molar-refractivity contribution in [2.75, 3.05) is 13.7 Å². The highest BCUT2D eigenvalue weighted by Crippen LogP contribution is 2.28. The van der Waals surface area contributed by atoms with Gasteiger partial charge in [0.1, 0.15) is 23.6 Å². The lowest BCUT2D eigenvalue weighted by atomic mass is 9.89. The van der Waals surface area contributed by atoms with E-state index < -0.39 is 11.5 Å². The Kier molecular flexibility index (Phi) is 5.25. The van der Waals surface area contributed by atoms with Crippen LogP contribution in [0.4, 0.5) is 0 Å². The second-order valence-corrected chi connectivity index (χ2v) is 6.52. The van der Waals surface area contributed by atoms with E-state index in [1.54, 1.807) is 6.92 Å². The third kappa shape index (κ3) is 3.70. The minimum absolute atomic E-state index is 0.00949. The molecule has 0 fully saturated rings. The maximum atomic E-state index is 12.3. The average molecular weight is 345 g/mol. The van der Waals surface area contributed by atoms with Crippen molar-refractivity contribution in [3.8, 4) is 5.75 Å². The van der Waals surface area contributed by atoms with E-state index >= 15 is 0 Å². The number of rotatable bonds is 6. The molecule has 1 N–H and O–H groups in total. The second-order valence-electron chi connectivity index (χ2n) is 6.52. The Labute approximate surface area is 147 Å². The predicted molar refractivity (Wildman–Crippen MR) is 93.8 cm³/mol. The van der Waals surface area contributed by atoms with E-state index in [2.05, 4.69) is 21.9 Å². The lowest BCUT2D eigenvalue weighted by Crippen LogP contribution is -2.41. The van der Waals surface area contributed by atoms with Gasteiger partial charge in [-0.05, 0) is 31.4 Å². The number of hydrogen-bond acceptors (Lipinski definition) is 6. The number of esters is 1. The molecule has 0 saturated heterocycles. The van der Waals surface area contributed by atoms with E-state index in [9.17, 15) is 9.59 Å². The second kappa shape index (κ2) is 7.04. The Morgan fingerprint density at radius 2 is 2.12 bits per heavy atom. The van der Waals surface area contributed by atoms with Crippen LogP contribution in [-0.2, 0) is 9.53 Å². The van der Waals surface area contributed by atoms with Crippen molar-refractivity contribution in [2.45, 2.75) is 33.2 Å². The van der Waals surface area contributed by atoms with E-state index in [1.807, 2.05) is 20.8 Å². The monoisotopic (exact) mass is 345 g/mol. The summed E-state index contributed by atoms with van der Waals surface area (Å²) in [6.07, 6.45) is 1.48. The number of pyridine rings is 1. The predicted octanol–water partition coefficient (Wildman–Crippen LogP) is 2.11. The zero-order chi connectivity index (χ0) is 18.8.